The molecule has 3 rings (SSSR count). The van der Waals surface area contributed by atoms with Crippen molar-refractivity contribution in [3.8, 4) is 0 Å². The first-order valence-electron chi connectivity index (χ1n) is 5.60. The van der Waals surface area contributed by atoms with Crippen LogP contribution in [0.25, 0.3) is 5.65 Å². The van der Waals surface area contributed by atoms with Crippen LogP contribution in [0.4, 0.5) is 0 Å². The molecule has 0 N–H and O–H groups in total. The summed E-state index contributed by atoms with van der Waals surface area (Å²) in [4.78, 5) is 20.7. The van der Waals surface area contributed by atoms with Crippen LogP contribution in [0.1, 0.15) is 5.69 Å². The fourth-order valence-corrected chi connectivity index (χ4v) is 3.62. The maximum Gasteiger partial charge on any atom is 0.258 e. The van der Waals surface area contributed by atoms with Crippen LogP contribution in [0, 0.1) is 0 Å². The predicted molar refractivity (Wildman–Crippen MR) is 77.5 cm³/mol. The third kappa shape index (κ3) is 2.44. The lowest BCUT2D eigenvalue weighted by atomic mass is 10.4. The smallest absolute Gasteiger partial charge is 0.258 e. The van der Waals surface area contributed by atoms with Crippen molar-refractivity contribution in [2.45, 2.75) is 5.75 Å². The van der Waals surface area contributed by atoms with E-state index >= 15 is 0 Å². The van der Waals surface area contributed by atoms with Gasteiger partial charge in [-0.15, -0.1) is 0 Å². The largest absolute Gasteiger partial charge is 0.271 e. The van der Waals surface area contributed by atoms with E-state index in [9.17, 15) is 4.79 Å². The summed E-state index contributed by atoms with van der Waals surface area (Å²) in [5.41, 5.74) is 1.48. The lowest BCUT2D eigenvalue weighted by Gasteiger charge is -2.03. The average molecular weight is 277 g/mol. The van der Waals surface area contributed by atoms with Crippen molar-refractivity contribution in [3.05, 3.63) is 46.5 Å². The molecule has 0 bridgehead atoms. The highest BCUT2D eigenvalue weighted by Crippen LogP contribution is 2.24. The van der Waals surface area contributed by atoms with Gasteiger partial charge in [-0.05, 0) is 12.1 Å². The first-order valence-corrected chi connectivity index (χ1v) is 7.57. The lowest BCUT2D eigenvalue weighted by Crippen LogP contribution is -2.14. The summed E-state index contributed by atoms with van der Waals surface area (Å²) < 4.78 is 2.65. The summed E-state index contributed by atoms with van der Waals surface area (Å²) in [6.45, 7) is 0.904. The molecule has 6 heteroatoms. The Bertz CT molecular complexity index is 666. The van der Waals surface area contributed by atoms with Crippen LogP contribution in [0.15, 0.2) is 40.2 Å². The fourth-order valence-electron chi connectivity index (χ4n) is 1.72. The lowest BCUT2D eigenvalue weighted by molar-refractivity contribution is 1.01. The Hall–Kier alpha value is -1.27. The van der Waals surface area contributed by atoms with E-state index < -0.39 is 0 Å². The zero-order chi connectivity index (χ0) is 12.4. The Labute approximate surface area is 113 Å². The van der Waals surface area contributed by atoms with Crippen molar-refractivity contribution in [2.75, 3.05) is 12.3 Å². The number of aromatic nitrogens is 2. The minimum absolute atomic E-state index is 0.0304. The molecule has 0 fully saturated rings. The molecule has 2 aromatic heterocycles. The molecule has 0 spiro atoms. The third-order valence-electron chi connectivity index (χ3n) is 2.53. The van der Waals surface area contributed by atoms with Crippen LogP contribution in [0.3, 0.4) is 0 Å². The topological polar surface area (TPSA) is 46.7 Å². The fraction of sp³-hybridized carbons (Fsp3) is 0.250. The number of pyridine rings is 1. The maximum absolute atomic E-state index is 11.9. The second kappa shape index (κ2) is 5.16. The SMILES string of the molecule is O=c1cc(CSC2=NCCS2)nc2ccccn12. The van der Waals surface area contributed by atoms with Crippen molar-refractivity contribution in [3.63, 3.8) is 0 Å². The van der Waals surface area contributed by atoms with E-state index in [-0.39, 0.29) is 5.56 Å². The van der Waals surface area contributed by atoms with E-state index in [0.717, 1.165) is 22.4 Å². The summed E-state index contributed by atoms with van der Waals surface area (Å²) in [6, 6.07) is 7.15. The Morgan fingerprint density at radius 3 is 3.22 bits per heavy atom. The molecule has 3 heterocycles. The van der Waals surface area contributed by atoms with E-state index in [1.54, 1.807) is 40.2 Å². The molecule has 2 aromatic rings. The molecular formula is C12H11N3OS2. The number of aliphatic imine (C=N–C) groups is 1. The zero-order valence-corrected chi connectivity index (χ0v) is 11.2. The summed E-state index contributed by atoms with van der Waals surface area (Å²) in [5, 5.41) is 0. The van der Waals surface area contributed by atoms with E-state index in [2.05, 4.69) is 9.98 Å². The van der Waals surface area contributed by atoms with E-state index in [0.29, 0.717) is 11.4 Å². The summed E-state index contributed by atoms with van der Waals surface area (Å²) >= 11 is 3.43. The first kappa shape index (κ1) is 11.8. The molecule has 1 aliphatic rings. The second-order valence-electron chi connectivity index (χ2n) is 3.80. The van der Waals surface area contributed by atoms with Crippen LogP contribution in [0.2, 0.25) is 0 Å². The highest BCUT2D eigenvalue weighted by molar-refractivity contribution is 8.38. The van der Waals surface area contributed by atoms with Crippen molar-refractivity contribution in [1.29, 1.82) is 0 Å². The zero-order valence-electron chi connectivity index (χ0n) is 9.57. The number of fused-ring (bicyclic) bond motifs is 1. The van der Waals surface area contributed by atoms with Crippen molar-refractivity contribution < 1.29 is 0 Å². The second-order valence-corrected chi connectivity index (χ2v) is 6.11. The average Bonchev–Trinajstić information content (AvgIpc) is 2.90. The first-order chi connectivity index (χ1) is 8.83. The quantitative estimate of drug-likeness (QED) is 0.842. The molecule has 0 aliphatic carbocycles. The summed E-state index contributed by atoms with van der Waals surface area (Å²) in [7, 11) is 0. The molecule has 4 nitrogen and oxygen atoms in total. The molecule has 18 heavy (non-hydrogen) atoms. The van der Waals surface area contributed by atoms with Gasteiger partial charge in [0.2, 0.25) is 0 Å². The van der Waals surface area contributed by atoms with Gasteiger partial charge in [-0.3, -0.25) is 14.2 Å². The van der Waals surface area contributed by atoms with Crippen LogP contribution in [0.5, 0.6) is 0 Å². The van der Waals surface area contributed by atoms with Gasteiger partial charge < -0.3 is 0 Å². The van der Waals surface area contributed by atoms with Crippen molar-refractivity contribution >= 4 is 33.5 Å². The maximum atomic E-state index is 11.9. The van der Waals surface area contributed by atoms with Crippen LogP contribution in [-0.2, 0) is 5.75 Å². The number of hydrogen-bond acceptors (Lipinski definition) is 5. The van der Waals surface area contributed by atoms with Gasteiger partial charge in [0.1, 0.15) is 10.0 Å². The Kier molecular flexibility index (Phi) is 3.38. The van der Waals surface area contributed by atoms with Crippen LogP contribution in [-0.4, -0.2) is 26.1 Å². The Morgan fingerprint density at radius 2 is 2.39 bits per heavy atom. The summed E-state index contributed by atoms with van der Waals surface area (Å²) in [6.07, 6.45) is 1.73. The molecule has 1 aliphatic heterocycles. The summed E-state index contributed by atoms with van der Waals surface area (Å²) in [5.74, 6) is 1.77. The Morgan fingerprint density at radius 1 is 1.44 bits per heavy atom. The van der Waals surface area contributed by atoms with Gasteiger partial charge in [-0.2, -0.15) is 0 Å². The van der Waals surface area contributed by atoms with Gasteiger partial charge in [0.15, 0.2) is 0 Å². The highest BCUT2D eigenvalue weighted by atomic mass is 32.2. The predicted octanol–water partition coefficient (Wildman–Crippen LogP) is 2.03. The normalized spacial score (nSPS) is 15.0. The molecule has 0 atom stereocenters. The number of nitrogens with zero attached hydrogens (tertiary/aromatic N) is 3. The molecule has 0 aromatic carbocycles. The van der Waals surface area contributed by atoms with E-state index in [1.165, 1.54) is 0 Å². The minimum Gasteiger partial charge on any atom is -0.271 e. The molecule has 0 amide bonds. The number of thioether (sulfide) groups is 2. The van der Waals surface area contributed by atoms with Gasteiger partial charge in [-0.1, -0.05) is 29.6 Å². The standard InChI is InChI=1S/C12H11N3OS2/c16-11-7-9(8-18-12-13-4-6-17-12)14-10-3-1-2-5-15(10)11/h1-3,5,7H,4,6,8H2. The molecule has 0 saturated carbocycles. The van der Waals surface area contributed by atoms with Gasteiger partial charge in [0.25, 0.3) is 5.56 Å². The van der Waals surface area contributed by atoms with Gasteiger partial charge in [0, 0.05) is 23.8 Å². The van der Waals surface area contributed by atoms with Crippen LogP contribution < -0.4 is 5.56 Å². The molecule has 0 unspecified atom stereocenters. The van der Waals surface area contributed by atoms with E-state index in [1.807, 2.05) is 18.2 Å². The molecule has 92 valence electrons. The van der Waals surface area contributed by atoms with E-state index in [4.69, 9.17) is 0 Å². The number of rotatable bonds is 2. The molecule has 0 saturated heterocycles. The van der Waals surface area contributed by atoms with Crippen molar-refractivity contribution in [2.24, 2.45) is 4.99 Å². The highest BCUT2D eigenvalue weighted by Gasteiger charge is 2.09. The molecule has 0 radical (unpaired) electrons. The number of hydrogen-bond donors (Lipinski definition) is 0. The minimum atomic E-state index is -0.0304. The van der Waals surface area contributed by atoms with Gasteiger partial charge in [-0.25, -0.2) is 4.98 Å². The van der Waals surface area contributed by atoms with Crippen molar-refractivity contribution in [1.82, 2.24) is 9.38 Å². The van der Waals surface area contributed by atoms with Gasteiger partial charge >= 0.3 is 0 Å². The third-order valence-corrected chi connectivity index (χ3v) is 4.81. The Balaban J connectivity index is 1.86. The van der Waals surface area contributed by atoms with Crippen LogP contribution >= 0.6 is 23.5 Å². The van der Waals surface area contributed by atoms with Gasteiger partial charge in [0.05, 0.1) is 12.2 Å². The monoisotopic (exact) mass is 277 g/mol. The molecular weight excluding hydrogens is 266 g/mol.